The first-order chi connectivity index (χ1) is 9.25. The van der Waals surface area contributed by atoms with Gasteiger partial charge in [-0.25, -0.2) is 9.78 Å². The van der Waals surface area contributed by atoms with Crippen molar-refractivity contribution in [2.24, 2.45) is 0 Å². The number of pyridine rings is 1. The molecule has 94 valence electrons. The zero-order valence-corrected chi connectivity index (χ0v) is 10.5. The van der Waals surface area contributed by atoms with Gasteiger partial charge in [0.05, 0.1) is 11.1 Å². The molecule has 0 spiro atoms. The summed E-state index contributed by atoms with van der Waals surface area (Å²) in [6.07, 6.45) is 4.72. The minimum absolute atomic E-state index is 0.181. The lowest BCUT2D eigenvalue weighted by molar-refractivity contribution is 0.0693. The monoisotopic (exact) mass is 271 g/mol. The number of rotatable bonds is 3. The van der Waals surface area contributed by atoms with Crippen LogP contribution in [0.25, 0.3) is 10.9 Å². The average molecular weight is 271 g/mol. The number of carboxylic acid groups (broad SMARTS) is 1. The van der Waals surface area contributed by atoms with E-state index in [2.05, 4.69) is 15.0 Å². The molecule has 0 radical (unpaired) electrons. The maximum atomic E-state index is 11.3. The van der Waals surface area contributed by atoms with Crippen LogP contribution in [0.15, 0.2) is 52.9 Å². The molecular formula is C13H9N3O2S. The number of nitrogens with one attached hydrogen (secondary N) is 1. The minimum atomic E-state index is -0.993. The molecule has 2 aromatic heterocycles. The molecular weight excluding hydrogens is 262 g/mol. The molecule has 0 aliphatic carbocycles. The lowest BCUT2D eigenvalue weighted by Crippen LogP contribution is -2.01. The molecule has 0 amide bonds. The van der Waals surface area contributed by atoms with Crippen molar-refractivity contribution in [3.63, 3.8) is 0 Å². The number of benzene rings is 1. The molecule has 0 aliphatic heterocycles. The normalized spacial score (nSPS) is 10.7. The van der Waals surface area contributed by atoms with Gasteiger partial charge in [0, 0.05) is 28.9 Å². The van der Waals surface area contributed by atoms with E-state index in [1.807, 2.05) is 24.3 Å². The van der Waals surface area contributed by atoms with Gasteiger partial charge in [0.15, 0.2) is 5.16 Å². The van der Waals surface area contributed by atoms with Gasteiger partial charge in [0.25, 0.3) is 0 Å². The summed E-state index contributed by atoms with van der Waals surface area (Å²) in [7, 11) is 0. The lowest BCUT2D eigenvalue weighted by atomic mass is 10.1. The molecule has 0 aliphatic rings. The second-order valence-corrected chi connectivity index (χ2v) is 4.82. The average Bonchev–Trinajstić information content (AvgIpc) is 2.92. The zero-order chi connectivity index (χ0) is 13.2. The summed E-state index contributed by atoms with van der Waals surface area (Å²) < 4.78 is 0. The van der Waals surface area contributed by atoms with Crippen molar-refractivity contribution in [1.82, 2.24) is 15.0 Å². The number of H-pyrrole nitrogens is 1. The summed E-state index contributed by atoms with van der Waals surface area (Å²) in [5.41, 5.74) is 0.946. The molecule has 6 heteroatoms. The second-order valence-electron chi connectivity index (χ2n) is 3.82. The van der Waals surface area contributed by atoms with Crippen LogP contribution in [-0.2, 0) is 0 Å². The fourth-order valence-electron chi connectivity index (χ4n) is 1.78. The van der Waals surface area contributed by atoms with Crippen LogP contribution in [0.1, 0.15) is 10.4 Å². The van der Waals surface area contributed by atoms with Gasteiger partial charge in [-0.15, -0.1) is 0 Å². The van der Waals surface area contributed by atoms with E-state index in [1.54, 1.807) is 12.4 Å². The number of fused-ring (bicyclic) bond motifs is 1. The van der Waals surface area contributed by atoms with Crippen molar-refractivity contribution < 1.29 is 9.90 Å². The molecule has 19 heavy (non-hydrogen) atoms. The number of nitrogens with zero attached hydrogens (tertiary/aromatic N) is 2. The largest absolute Gasteiger partial charge is 0.478 e. The van der Waals surface area contributed by atoms with Crippen LogP contribution in [-0.4, -0.2) is 26.0 Å². The third kappa shape index (κ3) is 2.17. The van der Waals surface area contributed by atoms with Gasteiger partial charge in [-0.2, -0.15) is 0 Å². The Kier molecular flexibility index (Phi) is 2.92. The number of hydrogen-bond donors (Lipinski definition) is 2. The van der Waals surface area contributed by atoms with E-state index in [9.17, 15) is 9.90 Å². The highest BCUT2D eigenvalue weighted by Crippen LogP contribution is 2.33. The number of aromatic carboxylic acids is 1. The Hall–Kier alpha value is -2.34. The van der Waals surface area contributed by atoms with E-state index in [4.69, 9.17) is 0 Å². The predicted octanol–water partition coefficient (Wildman–Crippen LogP) is 2.81. The Balaban J connectivity index is 2.22. The maximum Gasteiger partial charge on any atom is 0.338 e. The number of para-hydroxylation sites is 1. The number of hydrogen-bond acceptors (Lipinski definition) is 4. The third-order valence-corrected chi connectivity index (χ3v) is 3.69. The number of imidazole rings is 1. The van der Waals surface area contributed by atoms with E-state index >= 15 is 0 Å². The van der Waals surface area contributed by atoms with Gasteiger partial charge < -0.3 is 10.1 Å². The standard InChI is InChI=1S/C13H9N3O2S/c17-12(18)9-7-16-10-4-2-1-3-8(10)11(9)19-13-14-5-6-15-13/h1-7H,(H,14,15)(H,17,18). The topological polar surface area (TPSA) is 78.9 Å². The van der Waals surface area contributed by atoms with E-state index in [0.29, 0.717) is 10.1 Å². The fraction of sp³-hybridized carbons (Fsp3) is 0. The van der Waals surface area contributed by atoms with E-state index in [1.165, 1.54) is 18.0 Å². The van der Waals surface area contributed by atoms with E-state index in [0.717, 1.165) is 10.9 Å². The first-order valence-electron chi connectivity index (χ1n) is 5.54. The molecule has 0 saturated heterocycles. The van der Waals surface area contributed by atoms with Crippen molar-refractivity contribution in [2.75, 3.05) is 0 Å². The van der Waals surface area contributed by atoms with Crippen LogP contribution in [0.2, 0.25) is 0 Å². The Morgan fingerprint density at radius 3 is 2.84 bits per heavy atom. The first-order valence-corrected chi connectivity index (χ1v) is 6.35. The van der Waals surface area contributed by atoms with Gasteiger partial charge in [-0.05, 0) is 6.07 Å². The molecule has 5 nitrogen and oxygen atoms in total. The Labute approximate surface area is 112 Å². The molecule has 2 heterocycles. The van der Waals surface area contributed by atoms with E-state index < -0.39 is 5.97 Å². The molecule has 0 atom stereocenters. The maximum absolute atomic E-state index is 11.3. The molecule has 2 N–H and O–H groups in total. The number of aromatic nitrogens is 3. The second kappa shape index (κ2) is 4.74. The van der Waals surface area contributed by atoms with Crippen molar-refractivity contribution in [3.8, 4) is 0 Å². The number of carbonyl (C=O) groups is 1. The molecule has 3 rings (SSSR count). The summed E-state index contributed by atoms with van der Waals surface area (Å²) in [6, 6.07) is 7.45. The lowest BCUT2D eigenvalue weighted by Gasteiger charge is -2.07. The SMILES string of the molecule is O=C(O)c1cnc2ccccc2c1Sc1ncc[nH]1. The number of aromatic amines is 1. The van der Waals surface area contributed by atoms with Gasteiger partial charge in [0.1, 0.15) is 0 Å². The molecule has 0 bridgehead atoms. The highest BCUT2D eigenvalue weighted by molar-refractivity contribution is 7.99. The van der Waals surface area contributed by atoms with Crippen molar-refractivity contribution in [1.29, 1.82) is 0 Å². The quantitative estimate of drug-likeness (QED) is 0.765. The molecule has 0 unspecified atom stereocenters. The molecule has 3 aromatic rings. The predicted molar refractivity (Wildman–Crippen MR) is 71.4 cm³/mol. The molecule has 1 aromatic carbocycles. The first kappa shape index (κ1) is 11.7. The van der Waals surface area contributed by atoms with Gasteiger partial charge in [0.2, 0.25) is 0 Å². The van der Waals surface area contributed by atoms with Crippen LogP contribution >= 0.6 is 11.8 Å². The highest BCUT2D eigenvalue weighted by atomic mass is 32.2. The van der Waals surface area contributed by atoms with Gasteiger partial charge in [-0.3, -0.25) is 4.98 Å². The Morgan fingerprint density at radius 2 is 2.11 bits per heavy atom. The highest BCUT2D eigenvalue weighted by Gasteiger charge is 2.16. The van der Waals surface area contributed by atoms with Crippen molar-refractivity contribution in [3.05, 3.63) is 48.4 Å². The zero-order valence-electron chi connectivity index (χ0n) is 9.70. The van der Waals surface area contributed by atoms with Crippen LogP contribution in [0.3, 0.4) is 0 Å². The minimum Gasteiger partial charge on any atom is -0.478 e. The van der Waals surface area contributed by atoms with Crippen molar-refractivity contribution in [2.45, 2.75) is 10.1 Å². The summed E-state index contributed by atoms with van der Waals surface area (Å²) >= 11 is 1.29. The van der Waals surface area contributed by atoms with Crippen LogP contribution in [0.5, 0.6) is 0 Å². The van der Waals surface area contributed by atoms with E-state index in [-0.39, 0.29) is 5.56 Å². The van der Waals surface area contributed by atoms with Crippen molar-refractivity contribution >= 4 is 28.6 Å². The fourth-order valence-corrected chi connectivity index (χ4v) is 2.75. The smallest absolute Gasteiger partial charge is 0.338 e. The molecule has 0 saturated carbocycles. The van der Waals surface area contributed by atoms with Crippen LogP contribution in [0.4, 0.5) is 0 Å². The third-order valence-electron chi connectivity index (χ3n) is 2.63. The summed E-state index contributed by atoms with van der Waals surface area (Å²) in [5.74, 6) is -0.993. The number of carboxylic acids is 1. The van der Waals surface area contributed by atoms with Crippen LogP contribution in [0, 0.1) is 0 Å². The Bertz CT molecular complexity index is 741. The van der Waals surface area contributed by atoms with Gasteiger partial charge in [-0.1, -0.05) is 30.0 Å². The molecule has 0 fully saturated rings. The van der Waals surface area contributed by atoms with Crippen LogP contribution < -0.4 is 0 Å². The Morgan fingerprint density at radius 1 is 1.26 bits per heavy atom. The summed E-state index contributed by atoms with van der Waals surface area (Å²) in [6.45, 7) is 0. The summed E-state index contributed by atoms with van der Waals surface area (Å²) in [4.78, 5) is 23.2. The summed E-state index contributed by atoms with van der Waals surface area (Å²) in [5, 5.41) is 10.7. The van der Waals surface area contributed by atoms with Gasteiger partial charge >= 0.3 is 5.97 Å².